The fraction of sp³-hybridized carbons (Fsp3) is 0.364. The Morgan fingerprint density at radius 1 is 1.32 bits per heavy atom. The van der Waals surface area contributed by atoms with Gasteiger partial charge in [0.05, 0.1) is 11.3 Å². The van der Waals surface area contributed by atoms with E-state index in [-0.39, 0.29) is 11.3 Å². The maximum atomic E-state index is 12.0. The van der Waals surface area contributed by atoms with Crippen molar-refractivity contribution >= 4 is 37.8 Å². The molecule has 0 aliphatic carbocycles. The van der Waals surface area contributed by atoms with Gasteiger partial charge in [-0.15, -0.1) is 0 Å². The highest BCUT2D eigenvalue weighted by Gasteiger charge is 2.19. The van der Waals surface area contributed by atoms with Crippen molar-refractivity contribution < 1.29 is 18.3 Å². The van der Waals surface area contributed by atoms with E-state index in [2.05, 4.69) is 20.7 Å². The normalized spacial score (nSPS) is 11.6. The van der Waals surface area contributed by atoms with E-state index in [4.69, 9.17) is 5.11 Å². The summed E-state index contributed by atoms with van der Waals surface area (Å²) in [5.41, 5.74) is 0.213. The molecule has 0 atom stereocenters. The van der Waals surface area contributed by atoms with Gasteiger partial charge in [-0.1, -0.05) is 29.8 Å². The molecular formula is C11H15BrN2O4S. The smallest absolute Gasteiger partial charge is 0.335 e. The Hall–Kier alpha value is -1.12. The van der Waals surface area contributed by atoms with Gasteiger partial charge in [-0.3, -0.25) is 4.72 Å². The van der Waals surface area contributed by atoms with E-state index in [1.165, 1.54) is 22.5 Å². The second kappa shape index (κ2) is 6.36. The van der Waals surface area contributed by atoms with Crippen molar-refractivity contribution in [3.8, 4) is 0 Å². The first kappa shape index (κ1) is 15.9. The molecule has 0 heterocycles. The Kier molecular flexibility index (Phi) is 5.33. The first-order valence-electron chi connectivity index (χ1n) is 5.62. The van der Waals surface area contributed by atoms with Crippen molar-refractivity contribution in [2.45, 2.75) is 13.8 Å². The minimum atomic E-state index is -3.67. The molecular weight excluding hydrogens is 336 g/mol. The fourth-order valence-corrected chi connectivity index (χ4v) is 3.27. The molecule has 19 heavy (non-hydrogen) atoms. The molecule has 0 radical (unpaired) electrons. The number of anilines is 1. The van der Waals surface area contributed by atoms with E-state index >= 15 is 0 Å². The molecule has 0 saturated heterocycles. The Morgan fingerprint density at radius 2 is 1.89 bits per heavy atom. The minimum absolute atomic E-state index is 0.00613. The topological polar surface area (TPSA) is 86.7 Å². The summed E-state index contributed by atoms with van der Waals surface area (Å²) in [7, 11) is -3.67. The van der Waals surface area contributed by atoms with E-state index < -0.39 is 16.2 Å². The van der Waals surface area contributed by atoms with E-state index in [0.717, 1.165) is 0 Å². The number of carboxylic acid groups (broad SMARTS) is 1. The molecule has 0 amide bonds. The molecule has 0 aliphatic rings. The zero-order chi connectivity index (χ0) is 14.6. The average Bonchev–Trinajstić information content (AvgIpc) is 2.28. The summed E-state index contributed by atoms with van der Waals surface area (Å²) in [5, 5.41) is 8.93. The van der Waals surface area contributed by atoms with Crippen LogP contribution in [0.1, 0.15) is 24.2 Å². The third-order valence-corrected chi connectivity index (χ3v) is 4.58. The summed E-state index contributed by atoms with van der Waals surface area (Å²) in [5.74, 6) is -1.12. The van der Waals surface area contributed by atoms with Crippen molar-refractivity contribution in [1.82, 2.24) is 4.31 Å². The maximum Gasteiger partial charge on any atom is 0.335 e. The number of nitrogens with zero attached hydrogens (tertiary/aromatic N) is 1. The lowest BCUT2D eigenvalue weighted by atomic mass is 10.2. The number of carboxylic acids is 1. The van der Waals surface area contributed by atoms with Gasteiger partial charge in [0.25, 0.3) is 0 Å². The van der Waals surface area contributed by atoms with Crippen molar-refractivity contribution in [2.75, 3.05) is 17.8 Å². The van der Waals surface area contributed by atoms with Gasteiger partial charge in [0.15, 0.2) is 0 Å². The predicted octanol–water partition coefficient (Wildman–Crippen LogP) is 2.15. The summed E-state index contributed by atoms with van der Waals surface area (Å²) in [6.07, 6.45) is 0. The van der Waals surface area contributed by atoms with Gasteiger partial charge in [0, 0.05) is 17.6 Å². The lowest BCUT2D eigenvalue weighted by molar-refractivity contribution is 0.0697. The van der Waals surface area contributed by atoms with Gasteiger partial charge in [-0.2, -0.15) is 12.7 Å². The van der Waals surface area contributed by atoms with Gasteiger partial charge < -0.3 is 5.11 Å². The number of rotatable bonds is 6. The Bertz CT molecular complexity index is 570. The molecule has 1 aromatic rings. The first-order chi connectivity index (χ1) is 8.80. The van der Waals surface area contributed by atoms with Crippen molar-refractivity contribution in [3.05, 3.63) is 28.2 Å². The third-order valence-electron chi connectivity index (χ3n) is 2.44. The Labute approximate surface area is 120 Å². The van der Waals surface area contributed by atoms with Gasteiger partial charge in [0.1, 0.15) is 0 Å². The lowest BCUT2D eigenvalue weighted by Gasteiger charge is -2.19. The van der Waals surface area contributed by atoms with Gasteiger partial charge in [0.2, 0.25) is 0 Å². The number of nitrogens with one attached hydrogen (secondary N) is 1. The number of halogens is 1. The molecule has 8 heteroatoms. The highest BCUT2D eigenvalue weighted by Crippen LogP contribution is 2.21. The summed E-state index contributed by atoms with van der Waals surface area (Å²) < 4.78 is 28.1. The number of carbonyl (C=O) groups is 1. The molecule has 1 aromatic carbocycles. The van der Waals surface area contributed by atoms with Crippen LogP contribution >= 0.6 is 15.9 Å². The monoisotopic (exact) mass is 350 g/mol. The number of hydrogen-bond donors (Lipinski definition) is 2. The highest BCUT2D eigenvalue weighted by atomic mass is 79.9. The summed E-state index contributed by atoms with van der Waals surface area (Å²) >= 11 is 3.15. The average molecular weight is 351 g/mol. The van der Waals surface area contributed by atoms with Crippen molar-refractivity contribution in [2.24, 2.45) is 0 Å². The SMILES string of the molecule is CCN(CC)S(=O)(=O)Nc1cc(Br)cc(C(=O)O)c1. The second-order valence-corrected chi connectivity index (χ2v) is 6.31. The van der Waals surface area contributed by atoms with Crippen LogP contribution in [0.5, 0.6) is 0 Å². The summed E-state index contributed by atoms with van der Waals surface area (Å²) in [6.45, 7) is 4.13. The highest BCUT2D eigenvalue weighted by molar-refractivity contribution is 9.10. The van der Waals surface area contributed by atoms with Crippen LogP contribution in [0, 0.1) is 0 Å². The van der Waals surface area contributed by atoms with Gasteiger partial charge in [-0.25, -0.2) is 4.79 Å². The van der Waals surface area contributed by atoms with E-state index in [0.29, 0.717) is 17.6 Å². The van der Waals surface area contributed by atoms with Gasteiger partial charge >= 0.3 is 16.2 Å². The molecule has 1 rings (SSSR count). The Morgan fingerprint density at radius 3 is 2.37 bits per heavy atom. The van der Waals surface area contributed by atoms with Crippen LogP contribution in [0.2, 0.25) is 0 Å². The molecule has 0 fully saturated rings. The van der Waals surface area contributed by atoms with E-state index in [9.17, 15) is 13.2 Å². The maximum absolute atomic E-state index is 12.0. The quantitative estimate of drug-likeness (QED) is 0.822. The largest absolute Gasteiger partial charge is 0.478 e. The van der Waals surface area contributed by atoms with Crippen LogP contribution in [0.25, 0.3) is 0 Å². The van der Waals surface area contributed by atoms with Crippen LogP contribution in [0.4, 0.5) is 5.69 Å². The molecule has 0 unspecified atom stereocenters. The minimum Gasteiger partial charge on any atom is -0.478 e. The zero-order valence-corrected chi connectivity index (χ0v) is 13.0. The summed E-state index contributed by atoms with van der Waals surface area (Å²) in [4.78, 5) is 10.9. The number of benzene rings is 1. The number of aromatic carboxylic acids is 1. The Balaban J connectivity index is 3.09. The van der Waals surface area contributed by atoms with Gasteiger partial charge in [-0.05, 0) is 18.2 Å². The number of hydrogen-bond acceptors (Lipinski definition) is 3. The molecule has 106 valence electrons. The third kappa shape index (κ3) is 4.19. The molecule has 0 aromatic heterocycles. The van der Waals surface area contributed by atoms with Crippen molar-refractivity contribution in [1.29, 1.82) is 0 Å². The summed E-state index contributed by atoms with van der Waals surface area (Å²) in [6, 6.07) is 4.18. The predicted molar refractivity (Wildman–Crippen MR) is 76.6 cm³/mol. The first-order valence-corrected chi connectivity index (χ1v) is 7.85. The standard InChI is InChI=1S/C11H15BrN2O4S/c1-3-14(4-2)19(17,18)13-10-6-8(11(15)16)5-9(12)7-10/h5-7,13H,3-4H2,1-2H3,(H,15,16). The molecule has 0 spiro atoms. The van der Waals surface area contributed by atoms with E-state index in [1.54, 1.807) is 13.8 Å². The van der Waals surface area contributed by atoms with E-state index in [1.807, 2.05) is 0 Å². The lowest BCUT2D eigenvalue weighted by Crippen LogP contribution is -2.35. The molecule has 2 N–H and O–H groups in total. The molecule has 0 bridgehead atoms. The van der Waals surface area contributed by atoms with Crippen LogP contribution in [-0.2, 0) is 10.2 Å². The molecule has 6 nitrogen and oxygen atoms in total. The van der Waals surface area contributed by atoms with Crippen LogP contribution in [0.3, 0.4) is 0 Å². The van der Waals surface area contributed by atoms with Crippen LogP contribution < -0.4 is 4.72 Å². The molecule has 0 aliphatic heterocycles. The fourth-order valence-electron chi connectivity index (χ4n) is 1.55. The van der Waals surface area contributed by atoms with Crippen molar-refractivity contribution in [3.63, 3.8) is 0 Å². The van der Waals surface area contributed by atoms with Crippen LogP contribution in [0.15, 0.2) is 22.7 Å². The zero-order valence-electron chi connectivity index (χ0n) is 10.6. The molecule has 0 saturated carbocycles. The van der Waals surface area contributed by atoms with Crippen LogP contribution in [-0.4, -0.2) is 36.9 Å². The second-order valence-electron chi connectivity index (χ2n) is 3.73.